The number of anilines is 3. The summed E-state index contributed by atoms with van der Waals surface area (Å²) in [5.74, 6) is 0. The van der Waals surface area contributed by atoms with Crippen molar-refractivity contribution in [1.29, 1.82) is 0 Å². The Bertz CT molecular complexity index is 2430. The van der Waals surface area contributed by atoms with Crippen LogP contribution in [-0.4, -0.2) is 41.2 Å². The highest BCUT2D eigenvalue weighted by Gasteiger charge is 2.52. The maximum Gasteiger partial charge on any atom is 0.494 e. The van der Waals surface area contributed by atoms with Crippen molar-refractivity contribution < 1.29 is 18.6 Å². The monoisotopic (exact) mass is 738 g/mol. The summed E-state index contributed by atoms with van der Waals surface area (Å²) < 4.78 is 27.9. The third-order valence-corrected chi connectivity index (χ3v) is 12.5. The number of nitrogens with zero attached hydrogens (tertiary/aromatic N) is 2. The van der Waals surface area contributed by atoms with Gasteiger partial charge in [-0.05, 0) is 144 Å². The SMILES string of the molecule is CC1(C)OB(c2ccc(N(c3ccc(B4OC(C)(C)C(C)(C)O4)cc3)c3ccc(-c4ccc5c(c4)c4ccccc4n5-c4ccccc4)cc3)cc2)OC1(C)C. The summed E-state index contributed by atoms with van der Waals surface area (Å²) in [6.07, 6.45) is 0. The summed E-state index contributed by atoms with van der Waals surface area (Å²) >= 11 is 0. The Hall–Kier alpha value is -5.11. The third kappa shape index (κ3) is 6.16. The highest BCUT2D eigenvalue weighted by Crippen LogP contribution is 2.40. The molecule has 2 fully saturated rings. The van der Waals surface area contributed by atoms with Gasteiger partial charge in [0.05, 0.1) is 33.4 Å². The number of fused-ring (bicyclic) bond motifs is 3. The first-order valence-electron chi connectivity index (χ1n) is 19.6. The minimum atomic E-state index is -0.431. The van der Waals surface area contributed by atoms with E-state index < -0.39 is 36.6 Å². The average molecular weight is 739 g/mol. The molecule has 0 aliphatic carbocycles. The molecule has 2 saturated heterocycles. The standard InChI is InChI=1S/C48H48B2N2O4/c1-45(2)46(3,4)54-49(53-45)35-21-27-39(28-22-35)51(40-29-23-36(24-30-40)50-55-47(5,6)48(7,8)56-50)38-25-18-33(19-26-38)34-20-31-44-42(32-34)41-16-12-13-17-43(41)52(44)37-14-10-9-11-15-37/h9-32H,1-8H3. The first-order chi connectivity index (χ1) is 26.7. The van der Waals surface area contributed by atoms with Crippen molar-refractivity contribution in [3.05, 3.63) is 146 Å². The zero-order chi connectivity index (χ0) is 39.0. The molecule has 8 heteroatoms. The smallest absolute Gasteiger partial charge is 0.399 e. The summed E-state index contributed by atoms with van der Waals surface area (Å²) in [5, 5.41) is 2.47. The predicted octanol–water partition coefficient (Wildman–Crippen LogP) is 10.5. The fourth-order valence-corrected chi connectivity index (χ4v) is 7.78. The van der Waals surface area contributed by atoms with E-state index in [0.29, 0.717) is 0 Å². The maximum absolute atomic E-state index is 6.38. The van der Waals surface area contributed by atoms with Crippen molar-refractivity contribution in [2.45, 2.75) is 77.8 Å². The topological polar surface area (TPSA) is 45.1 Å². The first-order valence-corrected chi connectivity index (χ1v) is 19.6. The highest BCUT2D eigenvalue weighted by atomic mass is 16.7. The Labute approximate surface area is 331 Å². The van der Waals surface area contributed by atoms with Gasteiger partial charge in [-0.3, -0.25) is 0 Å². The Balaban J connectivity index is 1.07. The van der Waals surface area contributed by atoms with E-state index in [2.05, 4.69) is 210 Å². The Morgan fingerprint density at radius 1 is 0.411 bits per heavy atom. The molecule has 6 aromatic carbocycles. The number of benzene rings is 6. The molecule has 2 aliphatic heterocycles. The molecule has 2 aliphatic rings. The van der Waals surface area contributed by atoms with Crippen LogP contribution in [0.2, 0.25) is 0 Å². The summed E-state index contributed by atoms with van der Waals surface area (Å²) in [6, 6.07) is 51.9. The molecular formula is C48H48B2N2O4. The molecule has 280 valence electrons. The van der Waals surface area contributed by atoms with Crippen LogP contribution in [0.15, 0.2) is 146 Å². The van der Waals surface area contributed by atoms with Gasteiger partial charge in [-0.15, -0.1) is 0 Å². The van der Waals surface area contributed by atoms with Crippen LogP contribution >= 0.6 is 0 Å². The molecule has 56 heavy (non-hydrogen) atoms. The molecule has 0 unspecified atom stereocenters. The van der Waals surface area contributed by atoms with Gasteiger partial charge in [-0.2, -0.15) is 0 Å². The van der Waals surface area contributed by atoms with Crippen LogP contribution in [0.3, 0.4) is 0 Å². The second kappa shape index (κ2) is 13.2. The molecule has 0 N–H and O–H groups in total. The molecular weight excluding hydrogens is 690 g/mol. The molecule has 0 radical (unpaired) electrons. The Kier molecular flexibility index (Phi) is 8.64. The number of aromatic nitrogens is 1. The number of para-hydroxylation sites is 2. The third-order valence-electron chi connectivity index (χ3n) is 12.5. The molecule has 0 bridgehead atoms. The van der Waals surface area contributed by atoms with Crippen molar-refractivity contribution in [2.24, 2.45) is 0 Å². The van der Waals surface area contributed by atoms with Crippen molar-refractivity contribution >= 4 is 64.0 Å². The van der Waals surface area contributed by atoms with Crippen LogP contribution in [0, 0.1) is 0 Å². The lowest BCUT2D eigenvalue weighted by molar-refractivity contribution is 0.00578. The number of hydrogen-bond donors (Lipinski definition) is 0. The van der Waals surface area contributed by atoms with Crippen molar-refractivity contribution in [1.82, 2.24) is 4.57 Å². The molecule has 9 rings (SSSR count). The normalized spacial score (nSPS) is 18.2. The average Bonchev–Trinajstić information content (AvgIpc) is 3.72. The van der Waals surface area contributed by atoms with Gasteiger partial charge >= 0.3 is 14.2 Å². The van der Waals surface area contributed by atoms with Crippen LogP contribution in [0.5, 0.6) is 0 Å². The molecule has 0 spiro atoms. The van der Waals surface area contributed by atoms with Crippen molar-refractivity contribution in [2.75, 3.05) is 4.90 Å². The minimum Gasteiger partial charge on any atom is -0.399 e. The minimum absolute atomic E-state index is 0.410. The lowest BCUT2D eigenvalue weighted by Crippen LogP contribution is -2.41. The van der Waals surface area contributed by atoms with Gasteiger partial charge < -0.3 is 28.1 Å². The lowest BCUT2D eigenvalue weighted by atomic mass is 9.79. The van der Waals surface area contributed by atoms with Crippen LogP contribution < -0.4 is 15.8 Å². The fraction of sp³-hybridized carbons (Fsp3) is 0.250. The largest absolute Gasteiger partial charge is 0.494 e. The molecule has 0 atom stereocenters. The molecule has 6 nitrogen and oxygen atoms in total. The van der Waals surface area contributed by atoms with Gasteiger partial charge in [-0.1, -0.05) is 78.9 Å². The predicted molar refractivity (Wildman–Crippen MR) is 232 cm³/mol. The zero-order valence-electron chi connectivity index (χ0n) is 33.5. The summed E-state index contributed by atoms with van der Waals surface area (Å²) in [7, 11) is -0.861. The Morgan fingerprint density at radius 2 is 0.821 bits per heavy atom. The molecule has 1 aromatic heterocycles. The Morgan fingerprint density at radius 3 is 1.32 bits per heavy atom. The van der Waals surface area contributed by atoms with Crippen molar-refractivity contribution in [3.8, 4) is 16.8 Å². The van der Waals surface area contributed by atoms with E-state index in [1.165, 1.54) is 27.4 Å². The van der Waals surface area contributed by atoms with E-state index in [4.69, 9.17) is 18.6 Å². The second-order valence-corrected chi connectivity index (χ2v) is 17.2. The van der Waals surface area contributed by atoms with Crippen molar-refractivity contribution in [3.63, 3.8) is 0 Å². The maximum atomic E-state index is 6.38. The second-order valence-electron chi connectivity index (χ2n) is 17.2. The summed E-state index contributed by atoms with van der Waals surface area (Å²) in [5.41, 5.74) is 9.30. The van der Waals surface area contributed by atoms with E-state index in [1.54, 1.807) is 0 Å². The van der Waals surface area contributed by atoms with E-state index in [9.17, 15) is 0 Å². The van der Waals surface area contributed by atoms with Gasteiger partial charge in [0.25, 0.3) is 0 Å². The van der Waals surface area contributed by atoms with E-state index >= 15 is 0 Å². The number of hydrogen-bond acceptors (Lipinski definition) is 5. The summed E-state index contributed by atoms with van der Waals surface area (Å²) in [4.78, 5) is 2.28. The van der Waals surface area contributed by atoms with Crippen LogP contribution in [0.4, 0.5) is 17.1 Å². The van der Waals surface area contributed by atoms with E-state index in [0.717, 1.165) is 39.2 Å². The fourth-order valence-electron chi connectivity index (χ4n) is 7.78. The van der Waals surface area contributed by atoms with Crippen LogP contribution in [0.25, 0.3) is 38.6 Å². The summed E-state index contributed by atoms with van der Waals surface area (Å²) in [6.45, 7) is 16.7. The molecule has 0 saturated carbocycles. The van der Waals surface area contributed by atoms with Crippen LogP contribution in [0.1, 0.15) is 55.4 Å². The van der Waals surface area contributed by atoms with E-state index in [-0.39, 0.29) is 0 Å². The van der Waals surface area contributed by atoms with Gasteiger partial charge in [-0.25, -0.2) is 0 Å². The highest BCUT2D eigenvalue weighted by molar-refractivity contribution is 6.62. The molecule has 0 amide bonds. The molecule has 3 heterocycles. The first kappa shape index (κ1) is 36.5. The number of rotatable bonds is 7. The van der Waals surface area contributed by atoms with Gasteiger partial charge in [0, 0.05) is 33.5 Å². The lowest BCUT2D eigenvalue weighted by Gasteiger charge is -2.32. The van der Waals surface area contributed by atoms with Gasteiger partial charge in [0.15, 0.2) is 0 Å². The van der Waals surface area contributed by atoms with Crippen LogP contribution in [-0.2, 0) is 18.6 Å². The van der Waals surface area contributed by atoms with Gasteiger partial charge in [0.2, 0.25) is 0 Å². The van der Waals surface area contributed by atoms with E-state index in [1.807, 2.05) is 0 Å². The van der Waals surface area contributed by atoms with Gasteiger partial charge in [0.1, 0.15) is 0 Å². The molecule has 7 aromatic rings. The quantitative estimate of drug-likeness (QED) is 0.152. The zero-order valence-corrected chi connectivity index (χ0v) is 33.5.